The molecule has 0 bridgehead atoms. The number of halogens is 3. The molecule has 0 spiro atoms. The summed E-state index contributed by atoms with van der Waals surface area (Å²) in [6.45, 7) is 2.61. The summed E-state index contributed by atoms with van der Waals surface area (Å²) in [6, 6.07) is 13.3. The van der Waals surface area contributed by atoms with Crippen molar-refractivity contribution in [3.8, 4) is 0 Å². The lowest BCUT2D eigenvalue weighted by molar-refractivity contribution is 0.689. The highest BCUT2D eigenvalue weighted by atomic mass is 79.9. The van der Waals surface area contributed by atoms with Gasteiger partial charge in [-0.2, -0.15) is 5.10 Å². The molecule has 0 fully saturated rings. The van der Waals surface area contributed by atoms with Crippen LogP contribution in [0.3, 0.4) is 0 Å². The van der Waals surface area contributed by atoms with Gasteiger partial charge in [0.25, 0.3) is 0 Å². The first-order valence-electron chi connectivity index (χ1n) is 7.72. The number of aryl methyl sites for hydroxylation is 1. The molecule has 3 rings (SSSR count). The third-order valence-corrected chi connectivity index (χ3v) is 4.93. The van der Waals surface area contributed by atoms with Crippen LogP contribution in [0.1, 0.15) is 11.1 Å². The summed E-state index contributed by atoms with van der Waals surface area (Å²) in [4.78, 5) is 0. The molecule has 1 heterocycles. The van der Waals surface area contributed by atoms with E-state index in [1.54, 1.807) is 0 Å². The van der Waals surface area contributed by atoms with E-state index in [-0.39, 0.29) is 0 Å². The molecule has 0 aliphatic heterocycles. The van der Waals surface area contributed by atoms with Gasteiger partial charge < -0.3 is 10.6 Å². The van der Waals surface area contributed by atoms with Gasteiger partial charge in [0.15, 0.2) is 10.9 Å². The zero-order chi connectivity index (χ0) is 18.7. The predicted octanol–water partition coefficient (Wildman–Crippen LogP) is 6.12. The lowest BCUT2D eigenvalue weighted by atomic mass is 10.2. The van der Waals surface area contributed by atoms with Crippen LogP contribution in [0.4, 0.5) is 11.5 Å². The smallest absolute Gasteiger partial charge is 0.176 e. The van der Waals surface area contributed by atoms with Crippen molar-refractivity contribution < 1.29 is 0 Å². The standard InChI is InChI=1S/C18H15BrCl2N4S/c1-11-2-5-14(21)8-16(11)22-18(26)23-17-15(19)10-25(24-17)9-12-3-6-13(20)7-4-12/h2-8,10H,9H2,1H3,(H2,22,23,24,26). The molecule has 0 saturated carbocycles. The maximum absolute atomic E-state index is 6.04. The van der Waals surface area contributed by atoms with E-state index >= 15 is 0 Å². The second kappa shape index (κ2) is 8.39. The van der Waals surface area contributed by atoms with E-state index < -0.39 is 0 Å². The van der Waals surface area contributed by atoms with E-state index in [9.17, 15) is 0 Å². The first-order valence-corrected chi connectivity index (χ1v) is 9.68. The van der Waals surface area contributed by atoms with Crippen LogP contribution in [0.25, 0.3) is 0 Å². The van der Waals surface area contributed by atoms with Crippen molar-refractivity contribution in [1.82, 2.24) is 9.78 Å². The maximum atomic E-state index is 6.04. The maximum Gasteiger partial charge on any atom is 0.176 e. The third kappa shape index (κ3) is 4.98. The van der Waals surface area contributed by atoms with E-state index in [0.29, 0.717) is 27.5 Å². The first-order chi connectivity index (χ1) is 12.4. The van der Waals surface area contributed by atoms with E-state index in [2.05, 4.69) is 31.7 Å². The summed E-state index contributed by atoms with van der Waals surface area (Å²) >= 11 is 20.9. The Morgan fingerprint density at radius 1 is 1.12 bits per heavy atom. The minimum Gasteiger partial charge on any atom is -0.332 e. The van der Waals surface area contributed by atoms with Gasteiger partial charge in [0.1, 0.15) is 0 Å². The second-order valence-electron chi connectivity index (χ2n) is 5.69. The van der Waals surface area contributed by atoms with Crippen LogP contribution in [-0.4, -0.2) is 14.9 Å². The van der Waals surface area contributed by atoms with Gasteiger partial charge in [-0.15, -0.1) is 0 Å². The molecule has 1 aromatic heterocycles. The molecule has 3 aromatic rings. The minimum atomic E-state index is 0.438. The van der Waals surface area contributed by atoms with Gasteiger partial charge in [-0.3, -0.25) is 4.68 Å². The largest absolute Gasteiger partial charge is 0.332 e. The minimum absolute atomic E-state index is 0.438. The average molecular weight is 470 g/mol. The Hall–Kier alpha value is -1.60. The van der Waals surface area contributed by atoms with Crippen molar-refractivity contribution in [3.05, 3.63) is 74.3 Å². The quantitative estimate of drug-likeness (QED) is 0.451. The molecule has 134 valence electrons. The number of hydrogen-bond acceptors (Lipinski definition) is 2. The Morgan fingerprint density at radius 3 is 2.54 bits per heavy atom. The molecule has 0 amide bonds. The molecule has 2 aromatic carbocycles. The zero-order valence-electron chi connectivity index (χ0n) is 13.8. The number of rotatable bonds is 4. The number of nitrogens with zero attached hydrogens (tertiary/aromatic N) is 2. The monoisotopic (exact) mass is 468 g/mol. The first kappa shape index (κ1) is 19.2. The second-order valence-corrected chi connectivity index (χ2v) is 7.82. The highest BCUT2D eigenvalue weighted by Crippen LogP contribution is 2.23. The number of benzene rings is 2. The zero-order valence-corrected chi connectivity index (χ0v) is 17.7. The number of anilines is 2. The van der Waals surface area contributed by atoms with E-state index in [0.717, 1.165) is 21.3 Å². The number of thiocarbonyl (C=S) groups is 1. The highest BCUT2D eigenvalue weighted by molar-refractivity contribution is 9.10. The summed E-state index contributed by atoms with van der Waals surface area (Å²) < 4.78 is 2.64. The molecule has 0 aliphatic rings. The van der Waals surface area contributed by atoms with Gasteiger partial charge in [-0.25, -0.2) is 0 Å². The molecule has 4 nitrogen and oxygen atoms in total. The average Bonchev–Trinajstić information content (AvgIpc) is 2.92. The van der Waals surface area contributed by atoms with Gasteiger partial charge in [-0.05, 0) is 70.5 Å². The predicted molar refractivity (Wildman–Crippen MR) is 117 cm³/mol. The van der Waals surface area contributed by atoms with Gasteiger partial charge in [0.05, 0.1) is 11.0 Å². The Bertz CT molecular complexity index is 941. The fraction of sp³-hybridized carbons (Fsp3) is 0.111. The molecule has 26 heavy (non-hydrogen) atoms. The van der Waals surface area contributed by atoms with Crippen LogP contribution in [0.5, 0.6) is 0 Å². The number of aromatic nitrogens is 2. The van der Waals surface area contributed by atoms with E-state index in [1.807, 2.05) is 60.3 Å². The van der Waals surface area contributed by atoms with E-state index in [1.165, 1.54) is 0 Å². The molecule has 8 heteroatoms. The van der Waals surface area contributed by atoms with Crippen LogP contribution in [-0.2, 0) is 6.54 Å². The lowest BCUT2D eigenvalue weighted by Gasteiger charge is -2.11. The molecule has 0 atom stereocenters. The molecule has 0 unspecified atom stereocenters. The van der Waals surface area contributed by atoms with Gasteiger partial charge in [0.2, 0.25) is 0 Å². The summed E-state index contributed by atoms with van der Waals surface area (Å²) in [5.74, 6) is 0.635. The number of hydrogen-bond donors (Lipinski definition) is 2. The molecule has 0 saturated heterocycles. The van der Waals surface area contributed by atoms with Gasteiger partial charge >= 0.3 is 0 Å². The van der Waals surface area contributed by atoms with Crippen molar-refractivity contribution in [2.24, 2.45) is 0 Å². The van der Waals surface area contributed by atoms with Crippen LogP contribution in [0.2, 0.25) is 10.0 Å². The number of nitrogens with one attached hydrogen (secondary N) is 2. The van der Waals surface area contributed by atoms with Gasteiger partial charge in [0, 0.05) is 21.9 Å². The lowest BCUT2D eigenvalue weighted by Crippen LogP contribution is -2.20. The highest BCUT2D eigenvalue weighted by Gasteiger charge is 2.10. The van der Waals surface area contributed by atoms with Crippen molar-refractivity contribution in [1.29, 1.82) is 0 Å². The van der Waals surface area contributed by atoms with Crippen molar-refractivity contribution in [2.75, 3.05) is 10.6 Å². The Balaban J connectivity index is 1.68. The van der Waals surface area contributed by atoms with Crippen LogP contribution in [0, 0.1) is 6.92 Å². The Kier molecular flexibility index (Phi) is 6.19. The Morgan fingerprint density at radius 2 is 1.81 bits per heavy atom. The van der Waals surface area contributed by atoms with Crippen molar-refractivity contribution in [3.63, 3.8) is 0 Å². The van der Waals surface area contributed by atoms with Crippen LogP contribution < -0.4 is 10.6 Å². The molecular formula is C18H15BrCl2N4S. The van der Waals surface area contributed by atoms with Crippen LogP contribution >= 0.6 is 51.3 Å². The molecule has 0 aliphatic carbocycles. The Labute approximate surface area is 175 Å². The SMILES string of the molecule is Cc1ccc(Cl)cc1NC(=S)Nc1nn(Cc2ccc(Cl)cc2)cc1Br. The summed E-state index contributed by atoms with van der Waals surface area (Å²) in [5, 5.41) is 12.6. The molecule has 2 N–H and O–H groups in total. The van der Waals surface area contributed by atoms with Gasteiger partial charge in [-0.1, -0.05) is 41.4 Å². The summed E-state index contributed by atoms with van der Waals surface area (Å²) in [5.41, 5.74) is 3.00. The molecule has 0 radical (unpaired) electrons. The van der Waals surface area contributed by atoms with E-state index in [4.69, 9.17) is 35.4 Å². The fourth-order valence-electron chi connectivity index (χ4n) is 2.33. The summed E-state index contributed by atoms with van der Waals surface area (Å²) in [7, 11) is 0. The molecular weight excluding hydrogens is 455 g/mol. The normalized spacial score (nSPS) is 10.6. The van der Waals surface area contributed by atoms with Crippen LogP contribution in [0.15, 0.2) is 53.1 Å². The third-order valence-electron chi connectivity index (χ3n) is 3.65. The topological polar surface area (TPSA) is 41.9 Å². The summed E-state index contributed by atoms with van der Waals surface area (Å²) in [6.07, 6.45) is 1.89. The van der Waals surface area contributed by atoms with Crippen molar-refractivity contribution in [2.45, 2.75) is 13.5 Å². The van der Waals surface area contributed by atoms with Crippen molar-refractivity contribution >= 4 is 68.0 Å². The fourth-order valence-corrected chi connectivity index (χ4v) is 3.25.